The highest BCUT2D eigenvalue weighted by Crippen LogP contribution is 2.32. The van der Waals surface area contributed by atoms with E-state index in [9.17, 15) is 13.2 Å². The number of hydrogen-bond donors (Lipinski definition) is 1. The molecule has 132 valence electrons. The number of rotatable bonds is 3. The molecule has 7 heteroatoms. The predicted molar refractivity (Wildman–Crippen MR) is 93.3 cm³/mol. The van der Waals surface area contributed by atoms with Crippen molar-refractivity contribution in [3.05, 3.63) is 23.8 Å². The van der Waals surface area contributed by atoms with Crippen LogP contribution in [-0.4, -0.2) is 44.3 Å². The minimum Gasteiger partial charge on any atom is -0.328 e. The minimum atomic E-state index is -3.51. The SMILES string of the molecule is CC(=O)N1CCc2cc(S(=O)(=O)N3CCCC(C(C)N)C3)ccc21. The predicted octanol–water partition coefficient (Wildman–Crippen LogP) is 1.34. The first-order valence-electron chi connectivity index (χ1n) is 8.47. The Morgan fingerprint density at radius 1 is 1.33 bits per heavy atom. The molecule has 1 aromatic rings. The maximum atomic E-state index is 13.0. The number of anilines is 1. The normalized spacial score (nSPS) is 23.1. The van der Waals surface area contributed by atoms with Crippen LogP contribution in [0.25, 0.3) is 0 Å². The van der Waals surface area contributed by atoms with Gasteiger partial charge in [0.05, 0.1) is 4.90 Å². The van der Waals surface area contributed by atoms with Crippen LogP contribution in [0.15, 0.2) is 23.1 Å². The van der Waals surface area contributed by atoms with Gasteiger partial charge >= 0.3 is 0 Å². The number of carbonyl (C=O) groups is 1. The molecule has 0 saturated carbocycles. The molecule has 24 heavy (non-hydrogen) atoms. The summed E-state index contributed by atoms with van der Waals surface area (Å²) in [5.74, 6) is 0.191. The third kappa shape index (κ3) is 3.08. The van der Waals surface area contributed by atoms with E-state index >= 15 is 0 Å². The van der Waals surface area contributed by atoms with Gasteiger partial charge in [-0.05, 0) is 55.9 Å². The van der Waals surface area contributed by atoms with Gasteiger partial charge in [0.25, 0.3) is 0 Å². The Morgan fingerprint density at radius 2 is 2.08 bits per heavy atom. The van der Waals surface area contributed by atoms with E-state index < -0.39 is 10.0 Å². The van der Waals surface area contributed by atoms with Crippen molar-refractivity contribution in [1.29, 1.82) is 0 Å². The summed E-state index contributed by atoms with van der Waals surface area (Å²) >= 11 is 0. The zero-order valence-electron chi connectivity index (χ0n) is 14.2. The third-order valence-corrected chi connectivity index (χ3v) is 6.99. The van der Waals surface area contributed by atoms with Gasteiger partial charge in [0.15, 0.2) is 0 Å². The lowest BCUT2D eigenvalue weighted by atomic mass is 9.93. The Morgan fingerprint density at radius 3 is 2.75 bits per heavy atom. The fourth-order valence-corrected chi connectivity index (χ4v) is 5.22. The van der Waals surface area contributed by atoms with Gasteiger partial charge in [0, 0.05) is 38.3 Å². The topological polar surface area (TPSA) is 83.7 Å². The average molecular weight is 351 g/mol. The summed E-state index contributed by atoms with van der Waals surface area (Å²) in [5.41, 5.74) is 7.72. The molecule has 3 rings (SSSR count). The number of sulfonamides is 1. The van der Waals surface area contributed by atoms with E-state index in [1.54, 1.807) is 27.4 Å². The van der Waals surface area contributed by atoms with Gasteiger partial charge in [-0.2, -0.15) is 4.31 Å². The molecular formula is C17H25N3O3S. The largest absolute Gasteiger partial charge is 0.328 e. The van der Waals surface area contributed by atoms with Gasteiger partial charge in [0.1, 0.15) is 0 Å². The van der Waals surface area contributed by atoms with Crippen LogP contribution >= 0.6 is 0 Å². The van der Waals surface area contributed by atoms with Crippen molar-refractivity contribution in [3.63, 3.8) is 0 Å². The molecule has 1 saturated heterocycles. The molecule has 1 aromatic carbocycles. The van der Waals surface area contributed by atoms with Crippen molar-refractivity contribution in [2.45, 2.75) is 44.0 Å². The maximum absolute atomic E-state index is 13.0. The Labute approximate surface area is 143 Å². The maximum Gasteiger partial charge on any atom is 0.243 e. The van der Waals surface area contributed by atoms with Crippen molar-refractivity contribution in [2.75, 3.05) is 24.5 Å². The second kappa shape index (κ2) is 6.46. The number of carbonyl (C=O) groups excluding carboxylic acids is 1. The molecular weight excluding hydrogens is 326 g/mol. The first-order valence-corrected chi connectivity index (χ1v) is 9.91. The number of amides is 1. The van der Waals surface area contributed by atoms with Crippen LogP contribution in [-0.2, 0) is 21.2 Å². The summed E-state index contributed by atoms with van der Waals surface area (Å²) in [6.07, 6.45) is 2.51. The zero-order valence-corrected chi connectivity index (χ0v) is 15.1. The van der Waals surface area contributed by atoms with Crippen molar-refractivity contribution in [2.24, 2.45) is 11.7 Å². The highest BCUT2D eigenvalue weighted by atomic mass is 32.2. The van der Waals surface area contributed by atoms with Crippen molar-refractivity contribution in [1.82, 2.24) is 4.31 Å². The molecule has 0 radical (unpaired) electrons. The monoisotopic (exact) mass is 351 g/mol. The molecule has 2 unspecified atom stereocenters. The second-order valence-corrected chi connectivity index (χ2v) is 8.77. The van der Waals surface area contributed by atoms with Crippen molar-refractivity contribution < 1.29 is 13.2 Å². The van der Waals surface area contributed by atoms with Crippen LogP contribution in [0.1, 0.15) is 32.3 Å². The molecule has 2 aliphatic rings. The standard InChI is InChI=1S/C17H25N3O3S/c1-12(18)15-4-3-8-19(11-15)24(22,23)16-5-6-17-14(10-16)7-9-20(17)13(2)21/h5-6,10,12,15H,3-4,7-9,11,18H2,1-2H3. The molecule has 2 heterocycles. The van der Waals surface area contributed by atoms with Gasteiger partial charge in [-0.3, -0.25) is 4.79 Å². The number of fused-ring (bicyclic) bond motifs is 1. The summed E-state index contributed by atoms with van der Waals surface area (Å²) in [6.45, 7) is 5.11. The van der Waals surface area contributed by atoms with E-state index in [4.69, 9.17) is 5.73 Å². The molecule has 2 atom stereocenters. The number of piperidine rings is 1. The van der Waals surface area contributed by atoms with Gasteiger partial charge in [-0.25, -0.2) is 8.42 Å². The van der Waals surface area contributed by atoms with Crippen LogP contribution in [0.4, 0.5) is 5.69 Å². The minimum absolute atomic E-state index is 0.00727. The highest BCUT2D eigenvalue weighted by Gasteiger charge is 2.32. The number of nitrogens with zero attached hydrogens (tertiary/aromatic N) is 2. The molecule has 6 nitrogen and oxygen atoms in total. The lowest BCUT2D eigenvalue weighted by molar-refractivity contribution is -0.116. The fourth-order valence-electron chi connectivity index (χ4n) is 3.64. The Hall–Kier alpha value is -1.44. The molecule has 0 aliphatic carbocycles. The lowest BCUT2D eigenvalue weighted by Gasteiger charge is -2.33. The van der Waals surface area contributed by atoms with E-state index in [-0.39, 0.29) is 17.9 Å². The van der Waals surface area contributed by atoms with E-state index in [0.29, 0.717) is 31.0 Å². The van der Waals surface area contributed by atoms with Gasteiger partial charge in [0.2, 0.25) is 15.9 Å². The van der Waals surface area contributed by atoms with E-state index in [1.165, 1.54) is 6.92 Å². The average Bonchev–Trinajstić information content (AvgIpc) is 2.98. The Bertz CT molecular complexity index is 745. The molecule has 0 aromatic heterocycles. The molecule has 1 amide bonds. The fraction of sp³-hybridized carbons (Fsp3) is 0.588. The Kier molecular flexibility index (Phi) is 4.68. The highest BCUT2D eigenvalue weighted by molar-refractivity contribution is 7.89. The number of hydrogen-bond acceptors (Lipinski definition) is 4. The summed E-state index contributed by atoms with van der Waals surface area (Å²) in [7, 11) is -3.51. The summed E-state index contributed by atoms with van der Waals surface area (Å²) in [5, 5.41) is 0. The van der Waals surface area contributed by atoms with Gasteiger partial charge in [-0.15, -0.1) is 0 Å². The molecule has 0 spiro atoms. The first kappa shape index (κ1) is 17.4. The van der Waals surface area contributed by atoms with Crippen molar-refractivity contribution >= 4 is 21.6 Å². The first-order chi connectivity index (χ1) is 11.3. The van der Waals surface area contributed by atoms with Gasteiger partial charge in [-0.1, -0.05) is 0 Å². The van der Waals surface area contributed by atoms with Crippen LogP contribution in [0.3, 0.4) is 0 Å². The molecule has 2 N–H and O–H groups in total. The van der Waals surface area contributed by atoms with Crippen LogP contribution in [0.5, 0.6) is 0 Å². The summed E-state index contributed by atoms with van der Waals surface area (Å²) in [6, 6.07) is 5.09. The van der Waals surface area contributed by atoms with E-state index in [0.717, 1.165) is 24.1 Å². The van der Waals surface area contributed by atoms with Gasteiger partial charge < -0.3 is 10.6 Å². The molecule has 1 fully saturated rings. The summed E-state index contributed by atoms with van der Waals surface area (Å²) in [4.78, 5) is 13.6. The molecule has 0 bridgehead atoms. The summed E-state index contributed by atoms with van der Waals surface area (Å²) < 4.78 is 27.5. The third-order valence-electron chi connectivity index (χ3n) is 5.13. The number of benzene rings is 1. The Balaban J connectivity index is 1.87. The smallest absolute Gasteiger partial charge is 0.243 e. The quantitative estimate of drug-likeness (QED) is 0.891. The lowest BCUT2D eigenvalue weighted by Crippen LogP contribution is -2.44. The zero-order chi connectivity index (χ0) is 17.5. The van der Waals surface area contributed by atoms with Crippen LogP contribution in [0.2, 0.25) is 0 Å². The van der Waals surface area contributed by atoms with E-state index in [2.05, 4.69) is 0 Å². The molecule has 2 aliphatic heterocycles. The van der Waals surface area contributed by atoms with Crippen LogP contribution in [0, 0.1) is 5.92 Å². The number of nitrogens with two attached hydrogens (primary N) is 1. The van der Waals surface area contributed by atoms with E-state index in [1.807, 2.05) is 6.92 Å². The van der Waals surface area contributed by atoms with Crippen molar-refractivity contribution in [3.8, 4) is 0 Å². The second-order valence-electron chi connectivity index (χ2n) is 6.84. The van der Waals surface area contributed by atoms with Crippen LogP contribution < -0.4 is 10.6 Å².